The van der Waals surface area contributed by atoms with Gasteiger partial charge in [-0.1, -0.05) is 71.2 Å². The van der Waals surface area contributed by atoms with E-state index in [-0.39, 0.29) is 5.97 Å². The smallest absolute Gasteiger partial charge is 0.297 e. The van der Waals surface area contributed by atoms with Crippen LogP contribution in [0.3, 0.4) is 0 Å². The molecule has 0 radical (unpaired) electrons. The number of benzene rings is 1. The van der Waals surface area contributed by atoms with Gasteiger partial charge in [-0.2, -0.15) is 4.89 Å². The van der Waals surface area contributed by atoms with Crippen LogP contribution in [0.15, 0.2) is 24.3 Å². The first-order valence-electron chi connectivity index (χ1n) is 10.1. The predicted molar refractivity (Wildman–Crippen MR) is 108 cm³/mol. The second-order valence-electron chi connectivity index (χ2n) is 8.93. The van der Waals surface area contributed by atoms with Crippen LogP contribution in [-0.2, 0) is 26.6 Å². The highest BCUT2D eigenvalue weighted by Gasteiger charge is 2.27. The Morgan fingerprint density at radius 2 is 1.65 bits per heavy atom. The van der Waals surface area contributed by atoms with Crippen LogP contribution < -0.4 is 0 Å². The van der Waals surface area contributed by atoms with Crippen molar-refractivity contribution in [1.82, 2.24) is 0 Å². The lowest BCUT2D eigenvalue weighted by Gasteiger charge is -2.26. The minimum absolute atomic E-state index is 0.278. The van der Waals surface area contributed by atoms with Crippen LogP contribution in [0.4, 0.5) is 0 Å². The van der Waals surface area contributed by atoms with E-state index >= 15 is 0 Å². The quantitative estimate of drug-likeness (QED) is 0.248. The van der Waals surface area contributed by atoms with E-state index in [9.17, 15) is 4.79 Å². The molecule has 0 unspecified atom stereocenters. The van der Waals surface area contributed by atoms with E-state index in [1.807, 2.05) is 26.0 Å². The zero-order valence-corrected chi connectivity index (χ0v) is 17.7. The molecule has 1 rings (SSSR count). The van der Waals surface area contributed by atoms with E-state index in [1.54, 1.807) is 0 Å². The van der Waals surface area contributed by atoms with Crippen LogP contribution >= 0.6 is 0 Å². The number of hydrogen-bond acceptors (Lipinski definition) is 3. The molecule has 0 saturated carbocycles. The van der Waals surface area contributed by atoms with Crippen molar-refractivity contribution >= 4 is 5.97 Å². The first kappa shape index (κ1) is 22.7. The summed E-state index contributed by atoms with van der Waals surface area (Å²) in [5.41, 5.74) is 2.06. The first-order valence-corrected chi connectivity index (χ1v) is 10.1. The Kier molecular flexibility index (Phi) is 9.35. The highest BCUT2D eigenvalue weighted by Crippen LogP contribution is 2.29. The van der Waals surface area contributed by atoms with Gasteiger partial charge in [0.15, 0.2) is 0 Å². The summed E-state index contributed by atoms with van der Waals surface area (Å²) >= 11 is 0. The molecule has 0 fully saturated rings. The summed E-state index contributed by atoms with van der Waals surface area (Å²) < 4.78 is 0. The van der Waals surface area contributed by atoms with Crippen molar-refractivity contribution in [2.24, 2.45) is 5.41 Å². The molecule has 3 nitrogen and oxygen atoms in total. The molecular formula is C23H38O3. The molecule has 148 valence electrons. The van der Waals surface area contributed by atoms with Crippen molar-refractivity contribution in [3.63, 3.8) is 0 Å². The van der Waals surface area contributed by atoms with E-state index in [0.717, 1.165) is 44.1 Å². The Balaban J connectivity index is 2.44. The van der Waals surface area contributed by atoms with Crippen LogP contribution in [0.1, 0.15) is 97.6 Å². The SMILES string of the molecule is CCCCc1ccccc1C(C)(C)OOC(=O)CCCCCC(C)(C)C. The molecule has 0 amide bonds. The highest BCUT2D eigenvalue weighted by atomic mass is 17.2. The van der Waals surface area contributed by atoms with E-state index < -0.39 is 5.60 Å². The molecule has 26 heavy (non-hydrogen) atoms. The van der Waals surface area contributed by atoms with E-state index in [0.29, 0.717) is 11.8 Å². The normalized spacial score (nSPS) is 12.2. The molecule has 0 aliphatic rings. The van der Waals surface area contributed by atoms with Crippen molar-refractivity contribution in [1.29, 1.82) is 0 Å². The molecule has 0 aliphatic carbocycles. The Hall–Kier alpha value is -1.35. The third-order valence-corrected chi connectivity index (χ3v) is 4.62. The molecule has 1 aromatic carbocycles. The number of unbranched alkanes of at least 4 members (excludes halogenated alkanes) is 3. The van der Waals surface area contributed by atoms with Crippen molar-refractivity contribution in [2.75, 3.05) is 0 Å². The van der Waals surface area contributed by atoms with Crippen molar-refractivity contribution < 1.29 is 14.6 Å². The van der Waals surface area contributed by atoms with Crippen LogP contribution in [0.5, 0.6) is 0 Å². The van der Waals surface area contributed by atoms with E-state index in [4.69, 9.17) is 9.78 Å². The summed E-state index contributed by atoms with van der Waals surface area (Å²) in [6, 6.07) is 8.25. The summed E-state index contributed by atoms with van der Waals surface area (Å²) in [6.07, 6.45) is 7.95. The topological polar surface area (TPSA) is 35.5 Å². The molecule has 0 aliphatic heterocycles. The zero-order chi connectivity index (χ0) is 19.6. The summed E-state index contributed by atoms with van der Waals surface area (Å²) in [6.45, 7) is 12.8. The maximum absolute atomic E-state index is 12.0. The maximum Gasteiger partial charge on any atom is 0.342 e. The lowest BCUT2D eigenvalue weighted by molar-refractivity contribution is -0.329. The van der Waals surface area contributed by atoms with Gasteiger partial charge in [-0.05, 0) is 56.1 Å². The third kappa shape index (κ3) is 8.84. The van der Waals surface area contributed by atoms with Gasteiger partial charge in [0.1, 0.15) is 5.60 Å². The zero-order valence-electron chi connectivity index (χ0n) is 17.7. The lowest BCUT2D eigenvalue weighted by Crippen LogP contribution is -2.25. The molecule has 0 bridgehead atoms. The standard InChI is InChI=1S/C23H38O3/c1-7-8-14-19-15-11-12-16-20(19)23(5,6)26-25-21(24)17-10-9-13-18-22(2,3)4/h11-12,15-16H,7-10,13-14,17-18H2,1-6H3. The minimum atomic E-state index is -0.647. The number of rotatable bonds is 11. The molecule has 3 heteroatoms. The first-order chi connectivity index (χ1) is 12.2. The second kappa shape index (κ2) is 10.7. The van der Waals surface area contributed by atoms with Gasteiger partial charge in [-0.15, -0.1) is 0 Å². The van der Waals surface area contributed by atoms with E-state index in [1.165, 1.54) is 12.0 Å². The van der Waals surface area contributed by atoms with Crippen molar-refractivity contribution in [3.05, 3.63) is 35.4 Å². The molecule has 1 aromatic rings. The second-order valence-corrected chi connectivity index (χ2v) is 8.93. The fraction of sp³-hybridized carbons (Fsp3) is 0.696. The summed E-state index contributed by atoms with van der Waals surface area (Å²) in [7, 11) is 0. The van der Waals surface area contributed by atoms with Gasteiger partial charge in [-0.3, -0.25) is 4.89 Å². The fourth-order valence-corrected chi connectivity index (χ4v) is 3.03. The lowest BCUT2D eigenvalue weighted by atomic mass is 9.89. The highest BCUT2D eigenvalue weighted by molar-refractivity contribution is 5.68. The number of carbonyl (C=O) groups is 1. The predicted octanol–water partition coefficient (Wildman–Crippen LogP) is 6.74. The van der Waals surface area contributed by atoms with Gasteiger partial charge in [0, 0.05) is 6.42 Å². The maximum atomic E-state index is 12.0. The summed E-state index contributed by atoms with van der Waals surface area (Å²) in [5.74, 6) is -0.278. The Labute approximate surface area is 160 Å². The van der Waals surface area contributed by atoms with Gasteiger partial charge >= 0.3 is 5.97 Å². The van der Waals surface area contributed by atoms with Gasteiger partial charge in [0.25, 0.3) is 0 Å². The Bertz CT molecular complexity index is 541. The molecule has 0 atom stereocenters. The van der Waals surface area contributed by atoms with Crippen LogP contribution in [-0.4, -0.2) is 5.97 Å². The van der Waals surface area contributed by atoms with E-state index in [2.05, 4.69) is 39.8 Å². The van der Waals surface area contributed by atoms with Crippen LogP contribution in [0.25, 0.3) is 0 Å². The summed E-state index contributed by atoms with van der Waals surface area (Å²) in [5, 5.41) is 0. The molecular weight excluding hydrogens is 324 g/mol. The van der Waals surface area contributed by atoms with Crippen LogP contribution in [0.2, 0.25) is 0 Å². The van der Waals surface area contributed by atoms with Crippen LogP contribution in [0, 0.1) is 5.41 Å². The number of carbonyl (C=O) groups excluding carboxylic acids is 1. The number of aryl methyl sites for hydroxylation is 1. The largest absolute Gasteiger partial charge is 0.342 e. The van der Waals surface area contributed by atoms with Gasteiger partial charge in [-0.25, -0.2) is 4.79 Å². The van der Waals surface area contributed by atoms with Gasteiger partial charge in [0.2, 0.25) is 0 Å². The molecule has 0 heterocycles. The molecule has 0 saturated heterocycles. The molecule has 0 N–H and O–H groups in total. The number of hydrogen-bond donors (Lipinski definition) is 0. The van der Waals surface area contributed by atoms with Crippen molar-refractivity contribution in [3.8, 4) is 0 Å². The summed E-state index contributed by atoms with van der Waals surface area (Å²) in [4.78, 5) is 22.7. The fourth-order valence-electron chi connectivity index (χ4n) is 3.03. The minimum Gasteiger partial charge on any atom is -0.297 e. The monoisotopic (exact) mass is 362 g/mol. The average Bonchev–Trinajstić information content (AvgIpc) is 2.57. The van der Waals surface area contributed by atoms with Gasteiger partial charge < -0.3 is 0 Å². The van der Waals surface area contributed by atoms with Crippen molar-refractivity contribution in [2.45, 2.75) is 98.5 Å². The average molecular weight is 363 g/mol. The molecule has 0 spiro atoms. The Morgan fingerprint density at radius 1 is 0.962 bits per heavy atom. The third-order valence-electron chi connectivity index (χ3n) is 4.62. The Morgan fingerprint density at radius 3 is 2.31 bits per heavy atom. The molecule has 0 aromatic heterocycles. The van der Waals surface area contributed by atoms with Gasteiger partial charge in [0.05, 0.1) is 0 Å².